The van der Waals surface area contributed by atoms with E-state index in [2.05, 4.69) is 15.2 Å². The van der Waals surface area contributed by atoms with Crippen molar-refractivity contribution in [1.29, 1.82) is 0 Å². The van der Waals surface area contributed by atoms with Crippen molar-refractivity contribution in [3.8, 4) is 22.1 Å². The quantitative estimate of drug-likeness (QED) is 0.786. The Morgan fingerprint density at radius 1 is 1.19 bits per heavy atom. The Balaban J connectivity index is 1.61. The third-order valence-corrected chi connectivity index (χ3v) is 5.66. The number of carbonyl (C=O) groups excluding carboxylic acids is 1. The van der Waals surface area contributed by atoms with Crippen LogP contribution in [0.15, 0.2) is 23.6 Å². The van der Waals surface area contributed by atoms with Crippen LogP contribution in [0.1, 0.15) is 36.2 Å². The fraction of sp³-hybridized carbons (Fsp3) is 0.500. The van der Waals surface area contributed by atoms with E-state index in [1.54, 1.807) is 19.6 Å². The molecule has 146 valence electrons. The first kappa shape index (κ1) is 19.6. The molecule has 2 aromatic rings. The molecule has 3 rings (SSSR count). The number of aromatic nitrogens is 1. The third kappa shape index (κ3) is 4.99. The van der Waals surface area contributed by atoms with Crippen molar-refractivity contribution < 1.29 is 14.3 Å². The summed E-state index contributed by atoms with van der Waals surface area (Å²) in [6.07, 6.45) is 5.15. The molecular formula is C20H27N3O3S. The summed E-state index contributed by atoms with van der Waals surface area (Å²) in [6.45, 7) is 3.80. The van der Waals surface area contributed by atoms with Gasteiger partial charge in [0.25, 0.3) is 5.91 Å². The number of nitrogens with one attached hydrogen (secondary N) is 1. The Morgan fingerprint density at radius 3 is 2.67 bits per heavy atom. The highest BCUT2D eigenvalue weighted by Crippen LogP contribution is 2.38. The van der Waals surface area contributed by atoms with Gasteiger partial charge in [0.15, 0.2) is 11.5 Å². The molecule has 0 aliphatic carbocycles. The number of benzene rings is 1. The summed E-state index contributed by atoms with van der Waals surface area (Å²) in [4.78, 5) is 19.4. The molecule has 1 aliphatic rings. The number of nitrogens with zero attached hydrogens (tertiary/aromatic N) is 2. The van der Waals surface area contributed by atoms with Crippen LogP contribution in [0.3, 0.4) is 0 Å². The van der Waals surface area contributed by atoms with E-state index in [1.165, 1.54) is 37.0 Å². The second-order valence-electron chi connectivity index (χ2n) is 6.59. The van der Waals surface area contributed by atoms with Gasteiger partial charge >= 0.3 is 0 Å². The van der Waals surface area contributed by atoms with E-state index < -0.39 is 0 Å². The standard InChI is InChI=1S/C20H27N3O3S/c1-25-17-9-7-8-15(18(17)26-2)20-22-16(14-27-20)19(24)21-10-13-23-11-5-3-4-6-12-23/h7-9,14H,3-6,10-13H2,1-2H3,(H,21,24). The van der Waals surface area contributed by atoms with Crippen LogP contribution in [0.5, 0.6) is 11.5 Å². The number of amides is 1. The topological polar surface area (TPSA) is 63.7 Å². The van der Waals surface area contributed by atoms with Gasteiger partial charge in [-0.25, -0.2) is 4.98 Å². The molecule has 1 amide bonds. The van der Waals surface area contributed by atoms with E-state index in [9.17, 15) is 4.79 Å². The van der Waals surface area contributed by atoms with Gasteiger partial charge in [-0.1, -0.05) is 18.9 Å². The minimum absolute atomic E-state index is 0.130. The van der Waals surface area contributed by atoms with Gasteiger partial charge < -0.3 is 19.7 Å². The number of para-hydroxylation sites is 1. The van der Waals surface area contributed by atoms with Gasteiger partial charge in [0.2, 0.25) is 0 Å². The number of carbonyl (C=O) groups is 1. The average molecular weight is 390 g/mol. The highest BCUT2D eigenvalue weighted by molar-refractivity contribution is 7.13. The van der Waals surface area contributed by atoms with Crippen LogP contribution in [0.25, 0.3) is 10.6 Å². The van der Waals surface area contributed by atoms with Gasteiger partial charge in [-0.05, 0) is 38.1 Å². The molecule has 1 aromatic carbocycles. The maximum absolute atomic E-state index is 12.4. The number of hydrogen-bond donors (Lipinski definition) is 1. The van der Waals surface area contributed by atoms with E-state index in [-0.39, 0.29) is 5.91 Å². The summed E-state index contributed by atoms with van der Waals surface area (Å²) < 4.78 is 10.8. The van der Waals surface area contributed by atoms with Crippen molar-refractivity contribution in [2.24, 2.45) is 0 Å². The van der Waals surface area contributed by atoms with Gasteiger partial charge in [0.1, 0.15) is 10.7 Å². The first-order valence-corrected chi connectivity index (χ1v) is 10.3. The van der Waals surface area contributed by atoms with Crippen LogP contribution in [0.4, 0.5) is 0 Å². The predicted octanol–water partition coefficient (Wildman–Crippen LogP) is 3.43. The lowest BCUT2D eigenvalue weighted by Gasteiger charge is -2.19. The molecule has 1 aliphatic heterocycles. The summed E-state index contributed by atoms with van der Waals surface area (Å²) in [5, 5.41) is 5.52. The van der Waals surface area contributed by atoms with Gasteiger partial charge in [-0.3, -0.25) is 4.79 Å². The fourth-order valence-electron chi connectivity index (χ4n) is 3.34. The molecule has 0 unspecified atom stereocenters. The molecule has 0 bridgehead atoms. The van der Waals surface area contributed by atoms with E-state index in [0.717, 1.165) is 30.2 Å². The highest BCUT2D eigenvalue weighted by Gasteiger charge is 2.17. The Hall–Kier alpha value is -2.12. The number of likely N-dealkylation sites (tertiary alicyclic amines) is 1. The summed E-state index contributed by atoms with van der Waals surface area (Å²) in [5.74, 6) is 1.14. The molecule has 1 aromatic heterocycles. The number of thiazole rings is 1. The number of rotatable bonds is 7. The molecule has 6 nitrogen and oxygen atoms in total. The lowest BCUT2D eigenvalue weighted by molar-refractivity contribution is 0.0944. The van der Waals surface area contributed by atoms with Crippen molar-refractivity contribution in [3.05, 3.63) is 29.3 Å². The van der Waals surface area contributed by atoms with E-state index >= 15 is 0 Å². The maximum atomic E-state index is 12.4. The first-order valence-electron chi connectivity index (χ1n) is 9.40. The molecule has 1 saturated heterocycles. The summed E-state index contributed by atoms with van der Waals surface area (Å²) in [7, 11) is 3.21. The Kier molecular flexibility index (Phi) is 7.06. The molecule has 0 saturated carbocycles. The zero-order valence-corrected chi connectivity index (χ0v) is 16.8. The van der Waals surface area contributed by atoms with E-state index in [4.69, 9.17) is 9.47 Å². The van der Waals surface area contributed by atoms with Gasteiger partial charge in [-0.2, -0.15) is 0 Å². The fourth-order valence-corrected chi connectivity index (χ4v) is 4.16. The predicted molar refractivity (Wildman–Crippen MR) is 108 cm³/mol. The first-order chi connectivity index (χ1) is 13.2. The highest BCUT2D eigenvalue weighted by atomic mass is 32.1. The normalized spacial score (nSPS) is 15.2. The van der Waals surface area contributed by atoms with E-state index in [1.807, 2.05) is 18.2 Å². The second-order valence-corrected chi connectivity index (χ2v) is 7.45. The van der Waals surface area contributed by atoms with Crippen LogP contribution >= 0.6 is 11.3 Å². The lowest BCUT2D eigenvalue weighted by Crippen LogP contribution is -2.35. The molecule has 0 spiro atoms. The minimum atomic E-state index is -0.130. The Labute approximate surface area is 164 Å². The van der Waals surface area contributed by atoms with Crippen LogP contribution in [-0.4, -0.2) is 56.2 Å². The molecule has 7 heteroatoms. The zero-order valence-electron chi connectivity index (χ0n) is 16.0. The van der Waals surface area contributed by atoms with Gasteiger partial charge in [0.05, 0.1) is 19.8 Å². The summed E-state index contributed by atoms with van der Waals surface area (Å²) in [6, 6.07) is 5.65. The van der Waals surface area contributed by atoms with E-state index in [0.29, 0.717) is 23.7 Å². The summed E-state index contributed by atoms with van der Waals surface area (Å²) >= 11 is 1.43. The minimum Gasteiger partial charge on any atom is -0.493 e. The molecule has 2 heterocycles. The average Bonchev–Trinajstić information content (AvgIpc) is 3.05. The number of ether oxygens (including phenoxy) is 2. The second kappa shape index (κ2) is 9.71. The molecule has 1 N–H and O–H groups in total. The molecular weight excluding hydrogens is 362 g/mol. The van der Waals surface area contributed by atoms with Gasteiger partial charge in [-0.15, -0.1) is 11.3 Å². The molecule has 0 radical (unpaired) electrons. The van der Waals surface area contributed by atoms with Crippen molar-refractivity contribution >= 4 is 17.2 Å². The molecule has 27 heavy (non-hydrogen) atoms. The number of methoxy groups -OCH3 is 2. The van der Waals surface area contributed by atoms with Crippen molar-refractivity contribution in [1.82, 2.24) is 15.2 Å². The van der Waals surface area contributed by atoms with Crippen LogP contribution in [0, 0.1) is 0 Å². The Bertz CT molecular complexity index is 755. The lowest BCUT2D eigenvalue weighted by atomic mass is 10.2. The zero-order chi connectivity index (χ0) is 19.1. The van der Waals surface area contributed by atoms with Gasteiger partial charge in [0, 0.05) is 18.5 Å². The largest absolute Gasteiger partial charge is 0.493 e. The Morgan fingerprint density at radius 2 is 1.96 bits per heavy atom. The van der Waals surface area contributed by atoms with Crippen molar-refractivity contribution in [2.45, 2.75) is 25.7 Å². The smallest absolute Gasteiger partial charge is 0.270 e. The van der Waals surface area contributed by atoms with Crippen LogP contribution in [-0.2, 0) is 0 Å². The number of hydrogen-bond acceptors (Lipinski definition) is 6. The maximum Gasteiger partial charge on any atom is 0.270 e. The third-order valence-electron chi connectivity index (χ3n) is 4.78. The van der Waals surface area contributed by atoms with Crippen molar-refractivity contribution in [3.63, 3.8) is 0 Å². The van der Waals surface area contributed by atoms with Crippen LogP contribution < -0.4 is 14.8 Å². The summed E-state index contributed by atoms with van der Waals surface area (Å²) in [5.41, 5.74) is 1.27. The van der Waals surface area contributed by atoms with Crippen LogP contribution in [0.2, 0.25) is 0 Å². The van der Waals surface area contributed by atoms with Crippen molar-refractivity contribution in [2.75, 3.05) is 40.4 Å². The SMILES string of the molecule is COc1cccc(-c2nc(C(=O)NCCN3CCCCCC3)cs2)c1OC. The monoisotopic (exact) mass is 389 g/mol. The molecule has 0 atom stereocenters. The molecule has 1 fully saturated rings.